The number of carbonyl (C=O) groups excluding carboxylic acids is 2. The lowest BCUT2D eigenvalue weighted by atomic mass is 10.1. The van der Waals surface area contributed by atoms with Crippen LogP contribution in [0.2, 0.25) is 0 Å². The molecule has 0 radical (unpaired) electrons. The zero-order chi connectivity index (χ0) is 16.6. The van der Waals surface area contributed by atoms with E-state index in [4.69, 9.17) is 18.9 Å². The van der Waals surface area contributed by atoms with Gasteiger partial charge in [0, 0.05) is 0 Å². The summed E-state index contributed by atoms with van der Waals surface area (Å²) in [4.78, 5) is 23.9. The average Bonchev–Trinajstić information content (AvgIpc) is 3.01. The number of ether oxygens (including phenoxy) is 4. The van der Waals surface area contributed by atoms with Crippen LogP contribution in [0, 0.1) is 0 Å². The van der Waals surface area contributed by atoms with Crippen LogP contribution < -0.4 is 0 Å². The summed E-state index contributed by atoms with van der Waals surface area (Å²) in [6.45, 7) is 3.63. The summed E-state index contributed by atoms with van der Waals surface area (Å²) < 4.78 is 21.2. The maximum Gasteiger partial charge on any atom is 0.350 e. The summed E-state index contributed by atoms with van der Waals surface area (Å²) in [5, 5.41) is 10.3. The summed E-state index contributed by atoms with van der Waals surface area (Å²) in [7, 11) is 0. The number of aliphatic hydroxyl groups is 1. The normalized spacial score (nSPS) is 32.6. The van der Waals surface area contributed by atoms with E-state index in [1.165, 1.54) is 0 Å². The molecule has 7 nitrogen and oxygen atoms in total. The van der Waals surface area contributed by atoms with Crippen LogP contribution in [0.4, 0.5) is 0 Å². The Morgan fingerprint density at radius 3 is 2.61 bits per heavy atom. The number of cyclic esters (lactones) is 1. The molecule has 0 amide bonds. The van der Waals surface area contributed by atoms with E-state index in [9.17, 15) is 14.7 Å². The lowest BCUT2D eigenvalue weighted by Crippen LogP contribution is -2.42. The second-order valence-electron chi connectivity index (χ2n) is 5.95. The number of benzene rings is 1. The van der Waals surface area contributed by atoms with E-state index in [1.807, 2.05) is 0 Å². The van der Waals surface area contributed by atoms with Gasteiger partial charge in [-0.15, -0.1) is 0 Å². The smallest absolute Gasteiger partial charge is 0.350 e. The van der Waals surface area contributed by atoms with Crippen molar-refractivity contribution in [3.8, 4) is 0 Å². The van der Waals surface area contributed by atoms with E-state index in [1.54, 1.807) is 44.2 Å². The fraction of sp³-hybridized carbons (Fsp3) is 0.500. The van der Waals surface area contributed by atoms with E-state index in [2.05, 4.69) is 0 Å². The van der Waals surface area contributed by atoms with Crippen LogP contribution in [-0.2, 0) is 23.7 Å². The molecule has 2 aliphatic rings. The molecule has 0 aromatic heterocycles. The van der Waals surface area contributed by atoms with Gasteiger partial charge in [-0.25, -0.2) is 9.59 Å². The van der Waals surface area contributed by atoms with Crippen LogP contribution >= 0.6 is 0 Å². The van der Waals surface area contributed by atoms with E-state index >= 15 is 0 Å². The maximum absolute atomic E-state index is 12.0. The van der Waals surface area contributed by atoms with Crippen molar-refractivity contribution in [1.29, 1.82) is 0 Å². The largest absolute Gasteiger partial charge is 0.454 e. The fourth-order valence-electron chi connectivity index (χ4n) is 2.63. The predicted molar refractivity (Wildman–Crippen MR) is 76.4 cm³/mol. The third kappa shape index (κ3) is 3.21. The van der Waals surface area contributed by atoms with Crippen molar-refractivity contribution < 1.29 is 33.6 Å². The summed E-state index contributed by atoms with van der Waals surface area (Å²) in [5.74, 6) is -2.30. The number of hydrogen-bond acceptors (Lipinski definition) is 7. The summed E-state index contributed by atoms with van der Waals surface area (Å²) in [6, 6.07) is 8.22. The Morgan fingerprint density at radius 2 is 2.00 bits per heavy atom. The molecule has 0 bridgehead atoms. The van der Waals surface area contributed by atoms with Crippen molar-refractivity contribution in [3.63, 3.8) is 0 Å². The van der Waals surface area contributed by atoms with Crippen molar-refractivity contribution in [2.45, 2.75) is 44.1 Å². The molecule has 2 saturated heterocycles. The van der Waals surface area contributed by atoms with Crippen molar-refractivity contribution in [2.24, 2.45) is 0 Å². The SMILES string of the molecule is CC1(C)OC[C@H]([C@@H]2OC(=O)[C@H](OC(=O)c3ccccc3)[C@H]2O)O1. The Balaban J connectivity index is 1.67. The average molecular weight is 322 g/mol. The van der Waals surface area contributed by atoms with Gasteiger partial charge in [0.25, 0.3) is 0 Å². The van der Waals surface area contributed by atoms with Gasteiger partial charge in [-0.1, -0.05) is 18.2 Å². The molecule has 1 N–H and O–H groups in total. The van der Waals surface area contributed by atoms with Gasteiger partial charge in [-0.05, 0) is 26.0 Å². The van der Waals surface area contributed by atoms with Crippen molar-refractivity contribution >= 4 is 11.9 Å². The van der Waals surface area contributed by atoms with Gasteiger partial charge < -0.3 is 24.1 Å². The molecule has 0 aliphatic carbocycles. The number of aliphatic hydroxyl groups excluding tert-OH is 1. The first-order valence-corrected chi connectivity index (χ1v) is 7.34. The molecule has 0 saturated carbocycles. The fourth-order valence-corrected chi connectivity index (χ4v) is 2.63. The Hall–Kier alpha value is -1.96. The van der Waals surface area contributed by atoms with Crippen LogP contribution in [0.25, 0.3) is 0 Å². The zero-order valence-corrected chi connectivity index (χ0v) is 12.8. The first-order chi connectivity index (χ1) is 10.9. The highest BCUT2D eigenvalue weighted by Crippen LogP contribution is 2.31. The monoisotopic (exact) mass is 322 g/mol. The summed E-state index contributed by atoms with van der Waals surface area (Å²) in [6.07, 6.45) is -4.22. The molecular formula is C16H18O7. The first kappa shape index (κ1) is 15.9. The first-order valence-electron chi connectivity index (χ1n) is 7.34. The molecular weight excluding hydrogens is 304 g/mol. The van der Waals surface area contributed by atoms with Gasteiger partial charge >= 0.3 is 11.9 Å². The van der Waals surface area contributed by atoms with Crippen LogP contribution in [0.1, 0.15) is 24.2 Å². The topological polar surface area (TPSA) is 91.3 Å². The molecule has 2 fully saturated rings. The second-order valence-corrected chi connectivity index (χ2v) is 5.95. The van der Waals surface area contributed by atoms with E-state index < -0.39 is 42.1 Å². The number of carbonyl (C=O) groups is 2. The van der Waals surface area contributed by atoms with Gasteiger partial charge in [-0.2, -0.15) is 0 Å². The maximum atomic E-state index is 12.0. The Bertz CT molecular complexity index is 598. The third-order valence-corrected chi connectivity index (χ3v) is 3.77. The molecule has 1 aromatic carbocycles. The van der Waals surface area contributed by atoms with Crippen molar-refractivity contribution in [1.82, 2.24) is 0 Å². The van der Waals surface area contributed by atoms with Gasteiger partial charge in [0.05, 0.1) is 12.2 Å². The molecule has 3 rings (SSSR count). The van der Waals surface area contributed by atoms with Crippen molar-refractivity contribution in [3.05, 3.63) is 35.9 Å². The minimum Gasteiger partial charge on any atom is -0.454 e. The van der Waals surface area contributed by atoms with Crippen LogP contribution in [0.5, 0.6) is 0 Å². The van der Waals surface area contributed by atoms with Gasteiger partial charge in [0.15, 0.2) is 11.9 Å². The standard InChI is InChI=1S/C16H18O7/c1-16(2)20-8-10(23-16)12-11(17)13(15(19)21-12)22-14(18)9-6-4-3-5-7-9/h3-7,10-13,17H,8H2,1-2H3/t10-,11+,12+,13-/m1/s1. The molecule has 0 unspecified atom stereocenters. The highest BCUT2D eigenvalue weighted by molar-refractivity contribution is 5.92. The lowest BCUT2D eigenvalue weighted by Gasteiger charge is -2.22. The molecule has 124 valence electrons. The molecule has 4 atom stereocenters. The molecule has 7 heteroatoms. The Labute approximate surface area is 133 Å². The minimum absolute atomic E-state index is 0.182. The van der Waals surface area contributed by atoms with Gasteiger partial charge in [0.1, 0.15) is 12.2 Å². The molecule has 23 heavy (non-hydrogen) atoms. The Morgan fingerprint density at radius 1 is 1.30 bits per heavy atom. The molecule has 1 aromatic rings. The highest BCUT2D eigenvalue weighted by Gasteiger charge is 2.53. The predicted octanol–water partition coefficient (Wildman–Crippen LogP) is 0.650. The summed E-state index contributed by atoms with van der Waals surface area (Å²) in [5.41, 5.74) is 0.289. The zero-order valence-electron chi connectivity index (χ0n) is 12.8. The van der Waals surface area contributed by atoms with E-state index in [0.717, 1.165) is 0 Å². The molecule has 2 heterocycles. The van der Waals surface area contributed by atoms with Crippen LogP contribution in [0.15, 0.2) is 30.3 Å². The van der Waals surface area contributed by atoms with Gasteiger partial charge in [-0.3, -0.25) is 0 Å². The Kier molecular flexibility index (Phi) is 4.09. The summed E-state index contributed by atoms with van der Waals surface area (Å²) >= 11 is 0. The number of esters is 2. The number of rotatable bonds is 3. The lowest BCUT2D eigenvalue weighted by molar-refractivity contribution is -0.166. The second kappa shape index (κ2) is 5.92. The van der Waals surface area contributed by atoms with Gasteiger partial charge in [0.2, 0.25) is 6.10 Å². The quantitative estimate of drug-likeness (QED) is 0.817. The molecule has 0 spiro atoms. The van der Waals surface area contributed by atoms with Crippen LogP contribution in [-0.4, -0.2) is 53.9 Å². The third-order valence-electron chi connectivity index (χ3n) is 3.77. The molecule has 2 aliphatic heterocycles. The number of hydrogen-bond donors (Lipinski definition) is 1. The minimum atomic E-state index is -1.37. The highest BCUT2D eigenvalue weighted by atomic mass is 16.8. The van der Waals surface area contributed by atoms with E-state index in [0.29, 0.717) is 0 Å². The van der Waals surface area contributed by atoms with Crippen molar-refractivity contribution in [2.75, 3.05) is 6.61 Å². The van der Waals surface area contributed by atoms with Crippen LogP contribution in [0.3, 0.4) is 0 Å². The van der Waals surface area contributed by atoms with E-state index in [-0.39, 0.29) is 12.2 Å².